The van der Waals surface area contributed by atoms with E-state index in [0.29, 0.717) is 6.42 Å². The van der Waals surface area contributed by atoms with Crippen molar-refractivity contribution < 1.29 is 4.79 Å². The van der Waals surface area contributed by atoms with Crippen molar-refractivity contribution in [1.82, 2.24) is 4.90 Å². The van der Waals surface area contributed by atoms with Gasteiger partial charge in [0.2, 0.25) is 0 Å². The molecule has 0 aromatic rings. The van der Waals surface area contributed by atoms with Crippen molar-refractivity contribution in [2.45, 2.75) is 38.5 Å². The van der Waals surface area contributed by atoms with E-state index in [-0.39, 0.29) is 0 Å². The first-order valence-corrected chi connectivity index (χ1v) is 5.21. The van der Waals surface area contributed by atoms with Crippen LogP contribution in [0.25, 0.3) is 0 Å². The maximum absolute atomic E-state index is 10.2. The fourth-order valence-electron chi connectivity index (χ4n) is 1.77. The third-order valence-corrected chi connectivity index (χ3v) is 2.60. The number of nitrogens with zero attached hydrogens (tertiary/aromatic N) is 1. The maximum Gasteiger partial charge on any atom is 0.120 e. The molecular weight excluding hydrogens is 162 g/mol. The quantitative estimate of drug-likeness (QED) is 0.620. The van der Waals surface area contributed by atoms with Crippen LogP contribution in [0.5, 0.6) is 0 Å². The van der Waals surface area contributed by atoms with Crippen LogP contribution in [0.3, 0.4) is 0 Å². The molecule has 1 rings (SSSR count). The largest absolute Gasteiger partial charge is 0.375 e. The SMILES string of the molecule is C=C(CCC=O)N1CCCCCC1. The van der Waals surface area contributed by atoms with Gasteiger partial charge < -0.3 is 9.69 Å². The Labute approximate surface area is 80.6 Å². The molecule has 0 radical (unpaired) electrons. The lowest BCUT2D eigenvalue weighted by atomic mass is 10.2. The minimum atomic E-state index is 0.620. The molecule has 1 aliphatic heterocycles. The van der Waals surface area contributed by atoms with Gasteiger partial charge in [-0.25, -0.2) is 0 Å². The molecule has 0 saturated carbocycles. The molecule has 0 atom stereocenters. The topological polar surface area (TPSA) is 20.3 Å². The van der Waals surface area contributed by atoms with Crippen LogP contribution in [0.15, 0.2) is 12.3 Å². The Kier molecular flexibility index (Phi) is 4.58. The van der Waals surface area contributed by atoms with E-state index in [0.717, 1.165) is 31.5 Å². The molecule has 13 heavy (non-hydrogen) atoms. The van der Waals surface area contributed by atoms with Crippen molar-refractivity contribution in [3.05, 3.63) is 12.3 Å². The fourth-order valence-corrected chi connectivity index (χ4v) is 1.77. The monoisotopic (exact) mass is 181 g/mol. The van der Waals surface area contributed by atoms with E-state index in [1.807, 2.05) is 0 Å². The van der Waals surface area contributed by atoms with Gasteiger partial charge in [-0.05, 0) is 19.3 Å². The van der Waals surface area contributed by atoms with Gasteiger partial charge in [0.25, 0.3) is 0 Å². The summed E-state index contributed by atoms with van der Waals surface area (Å²) in [6.07, 6.45) is 7.68. The molecule has 1 saturated heterocycles. The van der Waals surface area contributed by atoms with Crippen molar-refractivity contribution >= 4 is 6.29 Å². The first-order valence-electron chi connectivity index (χ1n) is 5.21. The van der Waals surface area contributed by atoms with Crippen molar-refractivity contribution in [1.29, 1.82) is 0 Å². The normalized spacial score (nSPS) is 18.0. The summed E-state index contributed by atoms with van der Waals surface area (Å²) in [5.41, 5.74) is 1.15. The van der Waals surface area contributed by atoms with Gasteiger partial charge in [0.1, 0.15) is 6.29 Å². The number of carbonyl (C=O) groups excluding carboxylic acids is 1. The molecule has 0 spiro atoms. The highest BCUT2D eigenvalue weighted by atomic mass is 16.1. The molecular formula is C11H19NO. The average molecular weight is 181 g/mol. The number of carbonyl (C=O) groups is 1. The van der Waals surface area contributed by atoms with Gasteiger partial charge in [-0.1, -0.05) is 19.4 Å². The van der Waals surface area contributed by atoms with E-state index in [1.54, 1.807) is 0 Å². The predicted octanol–water partition coefficient (Wildman–Crippen LogP) is 2.36. The lowest BCUT2D eigenvalue weighted by molar-refractivity contribution is -0.107. The Morgan fingerprint density at radius 2 is 1.85 bits per heavy atom. The summed E-state index contributed by atoms with van der Waals surface area (Å²) in [4.78, 5) is 12.5. The zero-order chi connectivity index (χ0) is 9.52. The van der Waals surface area contributed by atoms with Crippen molar-refractivity contribution in [3.8, 4) is 0 Å². The van der Waals surface area contributed by atoms with Gasteiger partial charge >= 0.3 is 0 Å². The number of hydrogen-bond acceptors (Lipinski definition) is 2. The molecule has 0 bridgehead atoms. The Morgan fingerprint density at radius 3 is 2.38 bits per heavy atom. The number of likely N-dealkylation sites (tertiary alicyclic amines) is 1. The van der Waals surface area contributed by atoms with Gasteiger partial charge in [-0.3, -0.25) is 0 Å². The van der Waals surface area contributed by atoms with Gasteiger partial charge in [0.05, 0.1) is 0 Å². The highest BCUT2D eigenvalue weighted by molar-refractivity contribution is 5.49. The minimum Gasteiger partial charge on any atom is -0.375 e. The van der Waals surface area contributed by atoms with Crippen LogP contribution >= 0.6 is 0 Å². The number of allylic oxidation sites excluding steroid dienone is 1. The van der Waals surface area contributed by atoms with Crippen LogP contribution in [0.4, 0.5) is 0 Å². The van der Waals surface area contributed by atoms with E-state index >= 15 is 0 Å². The highest BCUT2D eigenvalue weighted by Gasteiger charge is 2.09. The van der Waals surface area contributed by atoms with E-state index in [1.165, 1.54) is 25.7 Å². The standard InChI is InChI=1S/C11H19NO/c1-11(7-6-10-13)12-8-4-2-3-5-9-12/h10H,1-9H2. The van der Waals surface area contributed by atoms with Gasteiger partial charge in [-0.2, -0.15) is 0 Å². The lowest BCUT2D eigenvalue weighted by Crippen LogP contribution is -2.23. The van der Waals surface area contributed by atoms with Crippen LogP contribution in [0.2, 0.25) is 0 Å². The summed E-state index contributed by atoms with van der Waals surface area (Å²) in [5, 5.41) is 0. The summed E-state index contributed by atoms with van der Waals surface area (Å²) in [7, 11) is 0. The van der Waals surface area contributed by atoms with Gasteiger partial charge in [0, 0.05) is 25.2 Å². The molecule has 2 nitrogen and oxygen atoms in total. The summed E-state index contributed by atoms with van der Waals surface area (Å²) in [6, 6.07) is 0. The molecule has 1 aliphatic rings. The second kappa shape index (κ2) is 5.79. The van der Waals surface area contributed by atoms with Crippen molar-refractivity contribution in [2.24, 2.45) is 0 Å². The summed E-state index contributed by atoms with van der Waals surface area (Å²) >= 11 is 0. The minimum absolute atomic E-state index is 0.620. The smallest absolute Gasteiger partial charge is 0.120 e. The fraction of sp³-hybridized carbons (Fsp3) is 0.727. The zero-order valence-corrected chi connectivity index (χ0v) is 8.30. The third-order valence-electron chi connectivity index (χ3n) is 2.60. The molecule has 0 aromatic heterocycles. The number of hydrogen-bond donors (Lipinski definition) is 0. The van der Waals surface area contributed by atoms with Crippen LogP contribution in [0, 0.1) is 0 Å². The van der Waals surface area contributed by atoms with E-state index in [4.69, 9.17) is 0 Å². The van der Waals surface area contributed by atoms with E-state index < -0.39 is 0 Å². The van der Waals surface area contributed by atoms with Crippen LogP contribution < -0.4 is 0 Å². The number of rotatable bonds is 4. The average Bonchev–Trinajstić information content (AvgIpc) is 2.42. The van der Waals surface area contributed by atoms with Gasteiger partial charge in [-0.15, -0.1) is 0 Å². The molecule has 2 heteroatoms. The lowest BCUT2D eigenvalue weighted by Gasteiger charge is -2.24. The second-order valence-electron chi connectivity index (χ2n) is 3.67. The maximum atomic E-state index is 10.2. The molecule has 0 unspecified atom stereocenters. The molecule has 74 valence electrons. The van der Waals surface area contributed by atoms with Crippen molar-refractivity contribution in [3.63, 3.8) is 0 Å². The Morgan fingerprint density at radius 1 is 1.23 bits per heavy atom. The first-order chi connectivity index (χ1) is 6.34. The predicted molar refractivity (Wildman–Crippen MR) is 54.5 cm³/mol. The van der Waals surface area contributed by atoms with Gasteiger partial charge in [0.15, 0.2) is 0 Å². The van der Waals surface area contributed by atoms with Crippen LogP contribution in [-0.2, 0) is 4.79 Å². The summed E-state index contributed by atoms with van der Waals surface area (Å²) in [5.74, 6) is 0. The zero-order valence-electron chi connectivity index (χ0n) is 8.30. The summed E-state index contributed by atoms with van der Waals surface area (Å²) in [6.45, 7) is 6.30. The summed E-state index contributed by atoms with van der Waals surface area (Å²) < 4.78 is 0. The number of aldehydes is 1. The molecule has 0 aliphatic carbocycles. The van der Waals surface area contributed by atoms with Crippen LogP contribution in [0.1, 0.15) is 38.5 Å². The Hall–Kier alpha value is -0.790. The first kappa shape index (κ1) is 10.3. The Bertz CT molecular complexity index is 169. The second-order valence-corrected chi connectivity index (χ2v) is 3.67. The highest BCUT2D eigenvalue weighted by Crippen LogP contribution is 2.16. The van der Waals surface area contributed by atoms with E-state index in [9.17, 15) is 4.79 Å². The molecule has 1 heterocycles. The third kappa shape index (κ3) is 3.62. The van der Waals surface area contributed by atoms with E-state index in [2.05, 4.69) is 11.5 Å². The molecule has 0 N–H and O–H groups in total. The van der Waals surface area contributed by atoms with Crippen molar-refractivity contribution in [2.75, 3.05) is 13.1 Å². The Balaban J connectivity index is 2.30. The molecule has 1 fully saturated rings. The van der Waals surface area contributed by atoms with Crippen LogP contribution in [-0.4, -0.2) is 24.3 Å². The molecule has 0 amide bonds. The molecule has 0 aromatic carbocycles.